The maximum Gasteiger partial charge on any atom is 0.390 e. The Labute approximate surface area is 87.4 Å². The van der Waals surface area contributed by atoms with Crippen LogP contribution in [-0.4, -0.2) is 36.0 Å². The third-order valence-corrected chi connectivity index (χ3v) is 2.70. The van der Waals surface area contributed by atoms with Gasteiger partial charge < -0.3 is 0 Å². The highest BCUT2D eigenvalue weighted by atomic mass is 19.4. The van der Waals surface area contributed by atoms with Gasteiger partial charge >= 0.3 is 6.18 Å². The molecule has 1 rings (SSSR count). The number of alkyl halides is 3. The third-order valence-electron chi connectivity index (χ3n) is 2.70. The van der Waals surface area contributed by atoms with Gasteiger partial charge in [-0.05, 0) is 26.3 Å². The first kappa shape index (κ1) is 12.5. The highest BCUT2D eigenvalue weighted by Gasteiger charge is 2.31. The molecule has 0 bridgehead atoms. The average Bonchev–Trinajstić information content (AvgIpc) is 2.46. The first-order valence-electron chi connectivity index (χ1n) is 5.19. The van der Waals surface area contributed by atoms with Gasteiger partial charge in [-0.15, -0.1) is 0 Å². The second kappa shape index (κ2) is 4.96. The Bertz CT molecular complexity index is 227. The standard InChI is InChI=1S/C10H16F3NO/c1-8(15)7-9-3-2-5-14(9)6-4-10(11,12)13/h9H,2-7H2,1H3. The summed E-state index contributed by atoms with van der Waals surface area (Å²) in [6.07, 6.45) is -2.74. The molecule has 1 saturated heterocycles. The molecule has 1 fully saturated rings. The van der Waals surface area contributed by atoms with E-state index in [0.29, 0.717) is 13.0 Å². The molecule has 15 heavy (non-hydrogen) atoms. The minimum absolute atomic E-state index is 0.0292. The number of Topliss-reactive ketones (excluding diaryl/α,β-unsaturated/α-hetero) is 1. The lowest BCUT2D eigenvalue weighted by Crippen LogP contribution is -2.33. The van der Waals surface area contributed by atoms with E-state index in [9.17, 15) is 18.0 Å². The Kier molecular flexibility index (Phi) is 4.13. The zero-order chi connectivity index (χ0) is 11.5. The number of likely N-dealkylation sites (tertiary alicyclic amines) is 1. The highest BCUT2D eigenvalue weighted by Crippen LogP contribution is 2.25. The maximum atomic E-state index is 12.0. The largest absolute Gasteiger partial charge is 0.390 e. The van der Waals surface area contributed by atoms with Crippen molar-refractivity contribution in [1.29, 1.82) is 0 Å². The fourth-order valence-corrected chi connectivity index (χ4v) is 2.02. The zero-order valence-electron chi connectivity index (χ0n) is 8.81. The first-order chi connectivity index (χ1) is 6.88. The van der Waals surface area contributed by atoms with Crippen molar-refractivity contribution in [2.45, 2.75) is 44.8 Å². The maximum absolute atomic E-state index is 12.0. The summed E-state index contributed by atoms with van der Waals surface area (Å²) in [5.41, 5.74) is 0. The van der Waals surface area contributed by atoms with Crippen LogP contribution in [0.3, 0.4) is 0 Å². The van der Waals surface area contributed by atoms with Crippen LogP contribution >= 0.6 is 0 Å². The van der Waals surface area contributed by atoms with Gasteiger partial charge in [-0.3, -0.25) is 9.69 Å². The van der Waals surface area contributed by atoms with Crippen molar-refractivity contribution in [2.75, 3.05) is 13.1 Å². The SMILES string of the molecule is CC(=O)CC1CCCN1CCC(F)(F)F. The molecule has 0 aromatic heterocycles. The van der Waals surface area contributed by atoms with Crippen LogP contribution in [0, 0.1) is 0 Å². The number of rotatable bonds is 4. The number of carbonyl (C=O) groups is 1. The highest BCUT2D eigenvalue weighted by molar-refractivity contribution is 5.76. The predicted octanol–water partition coefficient (Wildman–Crippen LogP) is 2.38. The Morgan fingerprint density at radius 2 is 2.13 bits per heavy atom. The Morgan fingerprint density at radius 1 is 1.47 bits per heavy atom. The summed E-state index contributed by atoms with van der Waals surface area (Å²) in [6.45, 7) is 2.20. The number of hydrogen-bond acceptors (Lipinski definition) is 2. The summed E-state index contributed by atoms with van der Waals surface area (Å²) < 4.78 is 36.0. The lowest BCUT2D eigenvalue weighted by molar-refractivity contribution is -0.138. The van der Waals surface area contributed by atoms with Crippen LogP contribution in [0.2, 0.25) is 0 Å². The summed E-state index contributed by atoms with van der Waals surface area (Å²) in [4.78, 5) is 12.7. The fourth-order valence-electron chi connectivity index (χ4n) is 2.02. The van der Waals surface area contributed by atoms with Gasteiger partial charge in [0, 0.05) is 19.0 Å². The molecule has 0 spiro atoms. The van der Waals surface area contributed by atoms with Gasteiger partial charge in [0.05, 0.1) is 6.42 Å². The molecule has 1 aliphatic heterocycles. The van der Waals surface area contributed by atoms with Crippen molar-refractivity contribution in [2.24, 2.45) is 0 Å². The zero-order valence-corrected chi connectivity index (χ0v) is 8.81. The summed E-state index contributed by atoms with van der Waals surface area (Å²) in [5.74, 6) is 0.0545. The smallest absolute Gasteiger partial charge is 0.300 e. The molecule has 1 atom stereocenters. The normalized spacial score (nSPS) is 23.3. The average molecular weight is 223 g/mol. The van der Waals surface area contributed by atoms with Crippen LogP contribution in [0.5, 0.6) is 0 Å². The van der Waals surface area contributed by atoms with Gasteiger partial charge in [-0.25, -0.2) is 0 Å². The molecule has 0 N–H and O–H groups in total. The summed E-state index contributed by atoms with van der Waals surface area (Å²) in [7, 11) is 0. The molecule has 0 saturated carbocycles. The van der Waals surface area contributed by atoms with Gasteiger partial charge in [0.25, 0.3) is 0 Å². The Balaban J connectivity index is 2.36. The molecular weight excluding hydrogens is 207 g/mol. The van der Waals surface area contributed by atoms with Crippen LogP contribution < -0.4 is 0 Å². The molecule has 0 radical (unpaired) electrons. The van der Waals surface area contributed by atoms with Crippen molar-refractivity contribution in [3.05, 3.63) is 0 Å². The topological polar surface area (TPSA) is 20.3 Å². The minimum atomic E-state index is -4.09. The molecule has 1 heterocycles. The molecule has 1 aliphatic rings. The van der Waals surface area contributed by atoms with Crippen LogP contribution in [-0.2, 0) is 4.79 Å². The van der Waals surface area contributed by atoms with Crippen molar-refractivity contribution >= 4 is 5.78 Å². The van der Waals surface area contributed by atoms with Crippen LogP contribution in [0.4, 0.5) is 13.2 Å². The summed E-state index contributed by atoms with van der Waals surface area (Å²) in [6, 6.07) is 0.0323. The second-order valence-electron chi connectivity index (χ2n) is 4.10. The third kappa shape index (κ3) is 4.64. The molecule has 5 heteroatoms. The van der Waals surface area contributed by atoms with E-state index in [1.807, 2.05) is 0 Å². The summed E-state index contributed by atoms with van der Waals surface area (Å²) in [5, 5.41) is 0. The van der Waals surface area contributed by atoms with Gasteiger partial charge in [0.15, 0.2) is 0 Å². The quantitative estimate of drug-likeness (QED) is 0.729. The molecule has 2 nitrogen and oxygen atoms in total. The summed E-state index contributed by atoms with van der Waals surface area (Å²) >= 11 is 0. The second-order valence-corrected chi connectivity index (χ2v) is 4.10. The monoisotopic (exact) mass is 223 g/mol. The van der Waals surface area contributed by atoms with E-state index in [1.54, 1.807) is 4.90 Å². The lowest BCUT2D eigenvalue weighted by Gasteiger charge is -2.23. The molecule has 0 amide bonds. The van der Waals surface area contributed by atoms with Crippen molar-refractivity contribution < 1.29 is 18.0 Å². The van der Waals surface area contributed by atoms with Gasteiger partial charge in [0.2, 0.25) is 0 Å². The predicted molar refractivity (Wildman–Crippen MR) is 50.6 cm³/mol. The van der Waals surface area contributed by atoms with E-state index in [2.05, 4.69) is 0 Å². The fraction of sp³-hybridized carbons (Fsp3) is 0.900. The van der Waals surface area contributed by atoms with Gasteiger partial charge in [0.1, 0.15) is 5.78 Å². The van der Waals surface area contributed by atoms with E-state index in [4.69, 9.17) is 0 Å². The minimum Gasteiger partial charge on any atom is -0.300 e. The number of nitrogens with zero attached hydrogens (tertiary/aromatic N) is 1. The van der Waals surface area contributed by atoms with Crippen molar-refractivity contribution in [3.63, 3.8) is 0 Å². The van der Waals surface area contributed by atoms with Crippen molar-refractivity contribution in [3.8, 4) is 0 Å². The first-order valence-corrected chi connectivity index (χ1v) is 5.19. The molecule has 0 aromatic rings. The lowest BCUT2D eigenvalue weighted by atomic mass is 10.1. The van der Waals surface area contributed by atoms with E-state index in [-0.39, 0.29) is 18.4 Å². The Hall–Kier alpha value is -0.580. The number of halogens is 3. The van der Waals surface area contributed by atoms with E-state index in [0.717, 1.165) is 12.8 Å². The van der Waals surface area contributed by atoms with E-state index < -0.39 is 12.6 Å². The van der Waals surface area contributed by atoms with Gasteiger partial charge in [-0.1, -0.05) is 0 Å². The number of carbonyl (C=O) groups excluding carboxylic acids is 1. The van der Waals surface area contributed by atoms with Crippen LogP contribution in [0.15, 0.2) is 0 Å². The number of hydrogen-bond donors (Lipinski definition) is 0. The molecule has 88 valence electrons. The number of ketones is 1. The molecular formula is C10H16F3NO. The molecule has 1 unspecified atom stereocenters. The van der Waals surface area contributed by atoms with E-state index >= 15 is 0 Å². The molecule has 0 aliphatic carbocycles. The molecule has 0 aromatic carbocycles. The Morgan fingerprint density at radius 3 is 2.67 bits per heavy atom. The van der Waals surface area contributed by atoms with E-state index in [1.165, 1.54) is 6.92 Å². The van der Waals surface area contributed by atoms with Crippen molar-refractivity contribution in [1.82, 2.24) is 4.90 Å². The van der Waals surface area contributed by atoms with Gasteiger partial charge in [-0.2, -0.15) is 13.2 Å². The van der Waals surface area contributed by atoms with Crippen LogP contribution in [0.1, 0.15) is 32.6 Å². The van der Waals surface area contributed by atoms with Crippen LogP contribution in [0.25, 0.3) is 0 Å².